The molecule has 0 atom stereocenters. The molecular weight excluding hydrogens is 238 g/mol. The third kappa shape index (κ3) is 2.38. The van der Waals surface area contributed by atoms with E-state index in [4.69, 9.17) is 4.74 Å². The lowest BCUT2D eigenvalue weighted by Gasteiger charge is -2.05. The van der Waals surface area contributed by atoms with E-state index in [-0.39, 0.29) is 0 Å². The highest BCUT2D eigenvalue weighted by Crippen LogP contribution is 2.20. The van der Waals surface area contributed by atoms with Gasteiger partial charge in [0.2, 0.25) is 0 Å². The predicted octanol–water partition coefficient (Wildman–Crippen LogP) is 3.18. The lowest BCUT2D eigenvalue weighted by Crippen LogP contribution is -2.00. The van der Waals surface area contributed by atoms with Crippen molar-refractivity contribution in [2.24, 2.45) is 0 Å². The molecule has 4 heteroatoms. The third-order valence-corrected chi connectivity index (χ3v) is 3.09. The monoisotopic (exact) mass is 253 g/mol. The Morgan fingerprint density at radius 3 is 2.68 bits per heavy atom. The van der Waals surface area contributed by atoms with E-state index in [2.05, 4.69) is 21.6 Å². The SMILES string of the molecule is COc1ccc(CNc2n[nH]c3ccccc23)cc1. The number of ether oxygens (including phenoxy) is 1. The number of aromatic amines is 1. The highest BCUT2D eigenvalue weighted by Gasteiger charge is 2.03. The molecule has 3 rings (SSSR count). The Bertz CT molecular complexity index is 673. The van der Waals surface area contributed by atoms with Crippen molar-refractivity contribution in [1.82, 2.24) is 10.2 Å². The summed E-state index contributed by atoms with van der Waals surface area (Å²) in [5.41, 5.74) is 2.23. The van der Waals surface area contributed by atoms with E-state index in [0.717, 1.165) is 29.0 Å². The number of nitrogens with one attached hydrogen (secondary N) is 2. The van der Waals surface area contributed by atoms with Gasteiger partial charge in [0, 0.05) is 11.9 Å². The molecule has 0 unspecified atom stereocenters. The zero-order valence-corrected chi connectivity index (χ0v) is 10.7. The van der Waals surface area contributed by atoms with Crippen molar-refractivity contribution < 1.29 is 4.74 Å². The Labute approximate surface area is 111 Å². The number of nitrogens with zero attached hydrogens (tertiary/aromatic N) is 1. The molecule has 96 valence electrons. The van der Waals surface area contributed by atoms with E-state index in [0.29, 0.717) is 0 Å². The predicted molar refractivity (Wildman–Crippen MR) is 76.4 cm³/mol. The van der Waals surface area contributed by atoms with Crippen LogP contribution in [0, 0.1) is 0 Å². The molecule has 0 radical (unpaired) electrons. The molecule has 0 aliphatic heterocycles. The lowest BCUT2D eigenvalue weighted by molar-refractivity contribution is 0.414. The van der Waals surface area contributed by atoms with Crippen LogP contribution in [0.4, 0.5) is 5.82 Å². The average Bonchev–Trinajstić information content (AvgIpc) is 2.89. The van der Waals surface area contributed by atoms with Crippen LogP contribution in [0.15, 0.2) is 48.5 Å². The number of para-hydroxylation sites is 1. The molecular formula is C15H15N3O. The molecule has 0 bridgehead atoms. The first-order valence-corrected chi connectivity index (χ1v) is 6.17. The molecule has 19 heavy (non-hydrogen) atoms. The highest BCUT2D eigenvalue weighted by atomic mass is 16.5. The molecule has 0 aliphatic rings. The number of hydrogen-bond donors (Lipinski definition) is 2. The summed E-state index contributed by atoms with van der Waals surface area (Å²) in [7, 11) is 1.67. The highest BCUT2D eigenvalue weighted by molar-refractivity contribution is 5.89. The largest absolute Gasteiger partial charge is 0.497 e. The summed E-state index contributed by atoms with van der Waals surface area (Å²) in [6.07, 6.45) is 0. The summed E-state index contributed by atoms with van der Waals surface area (Å²) < 4.78 is 5.14. The fourth-order valence-electron chi connectivity index (χ4n) is 2.03. The van der Waals surface area contributed by atoms with Gasteiger partial charge in [-0.1, -0.05) is 24.3 Å². The molecule has 2 N–H and O–H groups in total. The van der Waals surface area contributed by atoms with Crippen LogP contribution in [0.1, 0.15) is 5.56 Å². The summed E-state index contributed by atoms with van der Waals surface area (Å²) in [6.45, 7) is 0.735. The second kappa shape index (κ2) is 5.02. The first-order valence-electron chi connectivity index (χ1n) is 6.17. The van der Waals surface area contributed by atoms with E-state index in [1.54, 1.807) is 7.11 Å². The molecule has 1 aromatic heterocycles. The number of fused-ring (bicyclic) bond motifs is 1. The number of methoxy groups -OCH3 is 1. The van der Waals surface area contributed by atoms with Crippen molar-refractivity contribution in [3.63, 3.8) is 0 Å². The van der Waals surface area contributed by atoms with Gasteiger partial charge in [0.25, 0.3) is 0 Å². The van der Waals surface area contributed by atoms with E-state index >= 15 is 0 Å². The van der Waals surface area contributed by atoms with Gasteiger partial charge in [-0.05, 0) is 29.8 Å². The van der Waals surface area contributed by atoms with Crippen LogP contribution >= 0.6 is 0 Å². The topological polar surface area (TPSA) is 49.9 Å². The van der Waals surface area contributed by atoms with Crippen molar-refractivity contribution in [2.75, 3.05) is 12.4 Å². The van der Waals surface area contributed by atoms with Crippen molar-refractivity contribution in [1.29, 1.82) is 0 Å². The van der Waals surface area contributed by atoms with E-state index < -0.39 is 0 Å². The maximum Gasteiger partial charge on any atom is 0.155 e. The van der Waals surface area contributed by atoms with Gasteiger partial charge in [0.1, 0.15) is 5.75 Å². The first-order chi connectivity index (χ1) is 9.36. The van der Waals surface area contributed by atoms with Crippen LogP contribution in [0.2, 0.25) is 0 Å². The maximum absolute atomic E-state index is 5.14. The Morgan fingerprint density at radius 1 is 1.11 bits per heavy atom. The zero-order chi connectivity index (χ0) is 13.1. The number of anilines is 1. The summed E-state index contributed by atoms with van der Waals surface area (Å²) in [5.74, 6) is 1.75. The maximum atomic E-state index is 5.14. The van der Waals surface area contributed by atoms with Crippen molar-refractivity contribution >= 4 is 16.7 Å². The minimum Gasteiger partial charge on any atom is -0.497 e. The molecule has 0 aliphatic carbocycles. The standard InChI is InChI=1S/C15H15N3O/c1-19-12-8-6-11(7-9-12)10-16-15-13-4-2-3-5-14(13)17-18-15/h2-9H,10H2,1H3,(H2,16,17,18). The fraction of sp³-hybridized carbons (Fsp3) is 0.133. The van der Waals surface area contributed by atoms with Gasteiger partial charge in [-0.2, -0.15) is 5.10 Å². The van der Waals surface area contributed by atoms with Gasteiger partial charge in [-0.3, -0.25) is 5.10 Å². The molecule has 0 saturated heterocycles. The third-order valence-electron chi connectivity index (χ3n) is 3.09. The fourth-order valence-corrected chi connectivity index (χ4v) is 2.03. The Morgan fingerprint density at radius 2 is 1.89 bits per heavy atom. The van der Waals surface area contributed by atoms with Gasteiger partial charge in [0.05, 0.1) is 12.6 Å². The molecule has 0 fully saturated rings. The van der Waals surface area contributed by atoms with E-state index in [1.807, 2.05) is 42.5 Å². The number of aromatic nitrogens is 2. The van der Waals surface area contributed by atoms with Gasteiger partial charge in [-0.25, -0.2) is 0 Å². The smallest absolute Gasteiger partial charge is 0.155 e. The summed E-state index contributed by atoms with van der Waals surface area (Å²) in [6, 6.07) is 16.1. The Hall–Kier alpha value is -2.49. The number of H-pyrrole nitrogens is 1. The lowest BCUT2D eigenvalue weighted by atomic mass is 10.2. The van der Waals surface area contributed by atoms with Crippen LogP contribution in [-0.4, -0.2) is 17.3 Å². The molecule has 1 heterocycles. The quantitative estimate of drug-likeness (QED) is 0.750. The first kappa shape index (κ1) is 11.6. The van der Waals surface area contributed by atoms with Gasteiger partial charge >= 0.3 is 0 Å². The minimum absolute atomic E-state index is 0.735. The molecule has 2 aromatic carbocycles. The summed E-state index contributed by atoms with van der Waals surface area (Å²) >= 11 is 0. The Balaban J connectivity index is 1.74. The van der Waals surface area contributed by atoms with Crippen molar-refractivity contribution in [2.45, 2.75) is 6.54 Å². The number of benzene rings is 2. The van der Waals surface area contributed by atoms with Crippen molar-refractivity contribution in [3.8, 4) is 5.75 Å². The van der Waals surface area contributed by atoms with E-state index in [9.17, 15) is 0 Å². The van der Waals surface area contributed by atoms with Crippen LogP contribution in [0.3, 0.4) is 0 Å². The zero-order valence-electron chi connectivity index (χ0n) is 10.7. The molecule has 3 aromatic rings. The second-order valence-electron chi connectivity index (χ2n) is 4.32. The van der Waals surface area contributed by atoms with Gasteiger partial charge in [-0.15, -0.1) is 0 Å². The minimum atomic E-state index is 0.735. The molecule has 0 amide bonds. The van der Waals surface area contributed by atoms with Crippen LogP contribution < -0.4 is 10.1 Å². The Kier molecular flexibility index (Phi) is 3.06. The molecule has 4 nitrogen and oxygen atoms in total. The van der Waals surface area contributed by atoms with Crippen LogP contribution in [0.25, 0.3) is 10.9 Å². The van der Waals surface area contributed by atoms with Gasteiger partial charge < -0.3 is 10.1 Å². The number of hydrogen-bond acceptors (Lipinski definition) is 3. The number of rotatable bonds is 4. The molecule has 0 saturated carbocycles. The van der Waals surface area contributed by atoms with Crippen LogP contribution in [-0.2, 0) is 6.54 Å². The summed E-state index contributed by atoms with van der Waals surface area (Å²) in [5, 5.41) is 11.7. The van der Waals surface area contributed by atoms with Crippen molar-refractivity contribution in [3.05, 3.63) is 54.1 Å². The summed E-state index contributed by atoms with van der Waals surface area (Å²) in [4.78, 5) is 0. The van der Waals surface area contributed by atoms with E-state index in [1.165, 1.54) is 5.56 Å². The average molecular weight is 253 g/mol. The second-order valence-corrected chi connectivity index (χ2v) is 4.32. The van der Waals surface area contributed by atoms with Gasteiger partial charge in [0.15, 0.2) is 5.82 Å². The van der Waals surface area contributed by atoms with Crippen LogP contribution in [0.5, 0.6) is 5.75 Å². The normalized spacial score (nSPS) is 10.6. The molecule has 0 spiro atoms.